The van der Waals surface area contributed by atoms with Gasteiger partial charge in [-0.2, -0.15) is 0 Å². The van der Waals surface area contributed by atoms with Crippen molar-refractivity contribution in [3.63, 3.8) is 0 Å². The first-order valence-electron chi connectivity index (χ1n) is 6.43. The molecule has 1 aromatic carbocycles. The lowest BCUT2D eigenvalue weighted by atomic mass is 9.90. The minimum atomic E-state index is -1.00. The van der Waals surface area contributed by atoms with E-state index in [9.17, 15) is 9.59 Å². The van der Waals surface area contributed by atoms with Crippen molar-refractivity contribution in [2.75, 3.05) is 6.54 Å². The molecule has 4 nitrogen and oxygen atoms in total. The van der Waals surface area contributed by atoms with Crippen molar-refractivity contribution < 1.29 is 14.7 Å². The van der Waals surface area contributed by atoms with Gasteiger partial charge in [-0.1, -0.05) is 39.0 Å². The molecule has 104 valence electrons. The highest BCUT2D eigenvalue weighted by Gasteiger charge is 2.17. The molecule has 0 radical (unpaired) electrons. The Morgan fingerprint density at radius 1 is 1.26 bits per heavy atom. The fourth-order valence-electron chi connectivity index (χ4n) is 1.58. The van der Waals surface area contributed by atoms with Crippen LogP contribution in [-0.2, 0) is 11.2 Å². The van der Waals surface area contributed by atoms with E-state index >= 15 is 0 Å². The molecule has 1 rings (SSSR count). The Hall–Kier alpha value is -1.84. The van der Waals surface area contributed by atoms with Gasteiger partial charge in [0.2, 0.25) is 5.91 Å². The maximum Gasteiger partial charge on any atom is 0.335 e. The minimum Gasteiger partial charge on any atom is -0.478 e. The Bertz CT molecular complexity index is 466. The Morgan fingerprint density at radius 2 is 1.89 bits per heavy atom. The maximum atomic E-state index is 11.8. The van der Waals surface area contributed by atoms with E-state index in [-0.39, 0.29) is 23.3 Å². The van der Waals surface area contributed by atoms with E-state index in [0.717, 1.165) is 6.42 Å². The molecule has 1 aromatic rings. The molecular weight excluding hydrogens is 242 g/mol. The second-order valence-corrected chi connectivity index (χ2v) is 5.43. The van der Waals surface area contributed by atoms with E-state index in [0.29, 0.717) is 12.1 Å². The van der Waals surface area contributed by atoms with Crippen LogP contribution in [-0.4, -0.2) is 23.5 Å². The van der Waals surface area contributed by atoms with E-state index in [2.05, 4.69) is 26.1 Å². The van der Waals surface area contributed by atoms with Gasteiger partial charge in [0.15, 0.2) is 0 Å². The summed E-state index contributed by atoms with van der Waals surface area (Å²) in [5.74, 6) is -1.15. The van der Waals surface area contributed by atoms with Gasteiger partial charge >= 0.3 is 5.97 Å². The molecule has 2 N–H and O–H groups in total. The zero-order chi connectivity index (χ0) is 14.5. The molecule has 0 fully saturated rings. The maximum absolute atomic E-state index is 11.8. The van der Waals surface area contributed by atoms with Crippen LogP contribution in [0.25, 0.3) is 0 Å². The third-order valence-corrected chi connectivity index (χ3v) is 3.32. The van der Waals surface area contributed by atoms with E-state index in [4.69, 9.17) is 5.11 Å². The number of carbonyl (C=O) groups is 2. The lowest BCUT2D eigenvalue weighted by Gasteiger charge is -2.22. The summed E-state index contributed by atoms with van der Waals surface area (Å²) in [5.41, 5.74) is 0.788. The highest BCUT2D eigenvalue weighted by atomic mass is 16.4. The van der Waals surface area contributed by atoms with Crippen LogP contribution in [0.2, 0.25) is 0 Å². The van der Waals surface area contributed by atoms with Gasteiger partial charge in [-0.05, 0) is 23.5 Å². The predicted molar refractivity (Wildman–Crippen MR) is 74.2 cm³/mol. The molecule has 4 heteroatoms. The molecule has 0 unspecified atom stereocenters. The van der Waals surface area contributed by atoms with Gasteiger partial charge in [-0.15, -0.1) is 0 Å². The molecular formula is C15H21NO3. The normalized spacial score (nSPS) is 11.1. The molecule has 0 heterocycles. The molecule has 0 aliphatic heterocycles. The van der Waals surface area contributed by atoms with Crippen molar-refractivity contribution in [2.45, 2.75) is 33.6 Å². The van der Waals surface area contributed by atoms with E-state index in [1.54, 1.807) is 18.2 Å². The number of hydrogen-bond donors (Lipinski definition) is 2. The van der Waals surface area contributed by atoms with E-state index in [1.165, 1.54) is 6.07 Å². The predicted octanol–water partition coefficient (Wildman–Crippen LogP) is 2.48. The molecule has 1 amide bonds. The van der Waals surface area contributed by atoms with Crippen LogP contribution in [0.3, 0.4) is 0 Å². The standard InChI is InChI=1S/C15H21NO3/c1-4-15(2,3)10-16-13(17)9-11-7-5-6-8-12(11)14(18)19/h5-8H,4,9-10H2,1-3H3,(H,16,17)(H,18,19). The Morgan fingerprint density at radius 3 is 2.47 bits per heavy atom. The smallest absolute Gasteiger partial charge is 0.335 e. The summed E-state index contributed by atoms with van der Waals surface area (Å²) in [6.45, 7) is 6.83. The van der Waals surface area contributed by atoms with Gasteiger partial charge in [0.25, 0.3) is 0 Å². The SMILES string of the molecule is CCC(C)(C)CNC(=O)Cc1ccccc1C(=O)O. The molecule has 19 heavy (non-hydrogen) atoms. The molecule has 0 aliphatic carbocycles. The molecule has 0 aromatic heterocycles. The molecule has 0 atom stereocenters. The quantitative estimate of drug-likeness (QED) is 0.828. The van der Waals surface area contributed by atoms with Crippen molar-refractivity contribution in [3.05, 3.63) is 35.4 Å². The van der Waals surface area contributed by atoms with Crippen molar-refractivity contribution in [1.82, 2.24) is 5.32 Å². The van der Waals surface area contributed by atoms with Gasteiger partial charge in [0, 0.05) is 6.54 Å². The molecule has 0 saturated heterocycles. The number of carbonyl (C=O) groups excluding carboxylic acids is 1. The molecule has 0 saturated carbocycles. The van der Waals surface area contributed by atoms with Crippen LogP contribution in [0.5, 0.6) is 0 Å². The number of amides is 1. The molecule has 0 spiro atoms. The summed E-state index contributed by atoms with van der Waals surface area (Å²) in [4.78, 5) is 22.9. The van der Waals surface area contributed by atoms with Gasteiger partial charge < -0.3 is 10.4 Å². The van der Waals surface area contributed by atoms with Crippen LogP contribution in [0.4, 0.5) is 0 Å². The molecule has 0 bridgehead atoms. The van der Waals surface area contributed by atoms with Crippen molar-refractivity contribution in [2.24, 2.45) is 5.41 Å². The van der Waals surface area contributed by atoms with Gasteiger partial charge in [-0.25, -0.2) is 4.79 Å². The number of aromatic carboxylic acids is 1. The lowest BCUT2D eigenvalue weighted by Crippen LogP contribution is -2.34. The first-order chi connectivity index (χ1) is 8.85. The van der Waals surface area contributed by atoms with Crippen molar-refractivity contribution in [3.8, 4) is 0 Å². The van der Waals surface area contributed by atoms with Crippen LogP contribution < -0.4 is 5.32 Å². The Labute approximate surface area is 113 Å². The summed E-state index contributed by atoms with van der Waals surface area (Å²) in [7, 11) is 0. The Balaban J connectivity index is 2.65. The first-order valence-corrected chi connectivity index (χ1v) is 6.43. The summed E-state index contributed by atoms with van der Waals surface area (Å²) < 4.78 is 0. The molecule has 0 aliphatic rings. The van der Waals surface area contributed by atoms with Crippen LogP contribution in [0, 0.1) is 5.41 Å². The fourth-order valence-corrected chi connectivity index (χ4v) is 1.58. The third kappa shape index (κ3) is 4.73. The van der Waals surface area contributed by atoms with E-state index < -0.39 is 5.97 Å². The second kappa shape index (κ2) is 6.36. The topological polar surface area (TPSA) is 66.4 Å². The van der Waals surface area contributed by atoms with Crippen molar-refractivity contribution in [1.29, 1.82) is 0 Å². The van der Waals surface area contributed by atoms with Crippen molar-refractivity contribution >= 4 is 11.9 Å². The minimum absolute atomic E-state index is 0.0575. The summed E-state index contributed by atoms with van der Waals surface area (Å²) in [5, 5.41) is 11.9. The number of carboxylic acid groups (broad SMARTS) is 1. The van der Waals surface area contributed by atoms with Crippen LogP contribution in [0.1, 0.15) is 43.1 Å². The number of hydrogen-bond acceptors (Lipinski definition) is 2. The lowest BCUT2D eigenvalue weighted by molar-refractivity contribution is -0.120. The van der Waals surface area contributed by atoms with Crippen LogP contribution >= 0.6 is 0 Å². The van der Waals surface area contributed by atoms with Gasteiger partial charge in [0.1, 0.15) is 0 Å². The van der Waals surface area contributed by atoms with E-state index in [1.807, 2.05) is 0 Å². The zero-order valence-electron chi connectivity index (χ0n) is 11.7. The number of nitrogens with one attached hydrogen (secondary N) is 1. The number of benzene rings is 1. The van der Waals surface area contributed by atoms with Gasteiger partial charge in [0.05, 0.1) is 12.0 Å². The summed E-state index contributed by atoms with van der Waals surface area (Å²) in [6.07, 6.45) is 1.07. The second-order valence-electron chi connectivity index (χ2n) is 5.43. The average molecular weight is 263 g/mol. The summed E-state index contributed by atoms with van der Waals surface area (Å²) >= 11 is 0. The largest absolute Gasteiger partial charge is 0.478 e. The third-order valence-electron chi connectivity index (χ3n) is 3.32. The zero-order valence-corrected chi connectivity index (χ0v) is 11.7. The number of rotatable bonds is 6. The van der Waals surface area contributed by atoms with Crippen LogP contribution in [0.15, 0.2) is 24.3 Å². The monoisotopic (exact) mass is 263 g/mol. The number of carboxylic acids is 1. The summed E-state index contributed by atoms with van der Waals surface area (Å²) in [6, 6.07) is 6.59. The van der Waals surface area contributed by atoms with Gasteiger partial charge in [-0.3, -0.25) is 4.79 Å². The Kier molecular flexibility index (Phi) is 5.10. The average Bonchev–Trinajstić information content (AvgIpc) is 2.37. The highest BCUT2D eigenvalue weighted by Crippen LogP contribution is 2.17. The highest BCUT2D eigenvalue weighted by molar-refractivity contribution is 5.91. The fraction of sp³-hybridized carbons (Fsp3) is 0.467. The first kappa shape index (κ1) is 15.2.